The van der Waals surface area contributed by atoms with E-state index in [1.807, 2.05) is 0 Å². The number of rotatable bonds is 10. The van der Waals surface area contributed by atoms with Gasteiger partial charge in [-0.2, -0.15) is 4.52 Å². The first kappa shape index (κ1) is 19.3. The van der Waals surface area contributed by atoms with Crippen molar-refractivity contribution >= 4 is 7.94 Å². The van der Waals surface area contributed by atoms with E-state index in [0.717, 1.165) is 6.42 Å². The molecule has 0 N–H and O–H groups in total. The maximum Gasteiger partial charge on any atom is 0.369 e. The van der Waals surface area contributed by atoms with E-state index in [1.165, 1.54) is 25.7 Å². The average Bonchev–Trinajstić information content (AvgIpc) is 2.30. The lowest BCUT2D eigenvalue weighted by Crippen LogP contribution is -2.39. The molecule has 1 unspecified atom stereocenters. The molecule has 0 bridgehead atoms. The predicted octanol–water partition coefficient (Wildman–Crippen LogP) is 3.72. The van der Waals surface area contributed by atoms with Crippen molar-refractivity contribution < 1.29 is 4.52 Å². The molecular formula is C14H35N3OP+. The minimum atomic E-state index is -1.82. The molecule has 0 fully saturated rings. The van der Waals surface area contributed by atoms with Crippen LogP contribution in [0.1, 0.15) is 46.0 Å². The van der Waals surface area contributed by atoms with Crippen molar-refractivity contribution in [2.45, 2.75) is 52.1 Å². The van der Waals surface area contributed by atoms with Crippen molar-refractivity contribution in [2.75, 3.05) is 42.3 Å². The Kier molecular flexibility index (Phi) is 9.38. The highest BCUT2D eigenvalue weighted by Crippen LogP contribution is 2.65. The van der Waals surface area contributed by atoms with Gasteiger partial charge < -0.3 is 0 Å². The van der Waals surface area contributed by atoms with Gasteiger partial charge >= 0.3 is 7.94 Å². The van der Waals surface area contributed by atoms with E-state index in [9.17, 15) is 0 Å². The first-order valence-electron chi connectivity index (χ1n) is 7.39. The Morgan fingerprint density at radius 1 is 0.842 bits per heavy atom. The van der Waals surface area contributed by atoms with Gasteiger partial charge in [-0.15, -0.1) is 14.0 Å². The van der Waals surface area contributed by atoms with Gasteiger partial charge in [0.2, 0.25) is 0 Å². The standard InChI is InChI=1S/C14H35N3OP/c1-9-10-11-12-13-14(2)18-19(15(3)4,16(5)6)17(7)8/h14H,9-13H2,1-8H3/q+1. The Labute approximate surface area is 121 Å². The minimum absolute atomic E-state index is 0.303. The van der Waals surface area contributed by atoms with E-state index in [0.29, 0.717) is 6.10 Å². The summed E-state index contributed by atoms with van der Waals surface area (Å²) >= 11 is 0. The topological polar surface area (TPSA) is 19.0 Å². The summed E-state index contributed by atoms with van der Waals surface area (Å²) in [5, 5.41) is 0. The number of unbranched alkanes of at least 4 members (excludes halogenated alkanes) is 3. The van der Waals surface area contributed by atoms with Crippen molar-refractivity contribution in [3.8, 4) is 0 Å². The van der Waals surface area contributed by atoms with Crippen LogP contribution < -0.4 is 0 Å². The fourth-order valence-electron chi connectivity index (χ4n) is 2.51. The number of nitrogens with zero attached hydrogens (tertiary/aromatic N) is 3. The molecule has 0 aromatic carbocycles. The summed E-state index contributed by atoms with van der Waals surface area (Å²) in [4.78, 5) is 0. The van der Waals surface area contributed by atoms with Crippen LogP contribution in [0.2, 0.25) is 0 Å². The summed E-state index contributed by atoms with van der Waals surface area (Å²) in [6, 6.07) is 0. The zero-order chi connectivity index (χ0) is 15.1. The summed E-state index contributed by atoms with van der Waals surface area (Å²) in [6.07, 6.45) is 6.67. The molecule has 4 nitrogen and oxygen atoms in total. The number of hydrogen-bond acceptors (Lipinski definition) is 4. The van der Waals surface area contributed by atoms with Crippen LogP contribution in [-0.4, -0.2) is 62.4 Å². The van der Waals surface area contributed by atoms with Gasteiger partial charge in [-0.3, -0.25) is 0 Å². The summed E-state index contributed by atoms with van der Waals surface area (Å²) in [6.45, 7) is 4.46. The molecule has 0 amide bonds. The van der Waals surface area contributed by atoms with Crippen molar-refractivity contribution in [2.24, 2.45) is 0 Å². The van der Waals surface area contributed by atoms with Crippen LogP contribution in [0.25, 0.3) is 0 Å². The summed E-state index contributed by atoms with van der Waals surface area (Å²) in [5.74, 6) is 0. The fourth-order valence-corrected chi connectivity index (χ4v) is 5.81. The molecule has 0 aromatic heterocycles. The zero-order valence-corrected chi connectivity index (χ0v) is 15.2. The van der Waals surface area contributed by atoms with Crippen molar-refractivity contribution in [3.05, 3.63) is 0 Å². The molecule has 1 atom stereocenters. The highest BCUT2D eigenvalue weighted by atomic mass is 31.2. The van der Waals surface area contributed by atoms with Gasteiger partial charge in [0.05, 0.1) is 0 Å². The Morgan fingerprint density at radius 2 is 1.32 bits per heavy atom. The minimum Gasteiger partial charge on any atom is -0.178 e. The van der Waals surface area contributed by atoms with Gasteiger partial charge in [0.25, 0.3) is 0 Å². The molecule has 0 saturated carbocycles. The second-order valence-electron chi connectivity index (χ2n) is 5.82. The molecule has 0 aromatic rings. The van der Waals surface area contributed by atoms with E-state index in [2.05, 4.69) is 70.1 Å². The van der Waals surface area contributed by atoms with Crippen LogP contribution in [0.4, 0.5) is 0 Å². The quantitative estimate of drug-likeness (QED) is 0.451. The SMILES string of the molecule is CCCCCCC(C)O[P+](N(C)C)(N(C)C)N(C)C. The highest BCUT2D eigenvalue weighted by molar-refractivity contribution is 7.64. The zero-order valence-electron chi connectivity index (χ0n) is 14.3. The summed E-state index contributed by atoms with van der Waals surface area (Å²) in [7, 11) is 10.8. The average molecular weight is 292 g/mol. The van der Waals surface area contributed by atoms with E-state index in [-0.39, 0.29) is 0 Å². The largest absolute Gasteiger partial charge is 0.369 e. The lowest BCUT2D eigenvalue weighted by atomic mass is 10.1. The van der Waals surface area contributed by atoms with Crippen LogP contribution >= 0.6 is 7.94 Å². The van der Waals surface area contributed by atoms with Crippen LogP contribution in [0.5, 0.6) is 0 Å². The predicted molar refractivity (Wildman–Crippen MR) is 87.3 cm³/mol. The van der Waals surface area contributed by atoms with Gasteiger partial charge in [0, 0.05) is 42.3 Å². The third-order valence-electron chi connectivity index (χ3n) is 3.35. The van der Waals surface area contributed by atoms with Gasteiger partial charge in [-0.25, -0.2) is 0 Å². The maximum absolute atomic E-state index is 6.49. The highest BCUT2D eigenvalue weighted by Gasteiger charge is 2.51. The molecule has 0 aliphatic carbocycles. The van der Waals surface area contributed by atoms with Crippen LogP contribution in [0.15, 0.2) is 0 Å². The fraction of sp³-hybridized carbons (Fsp3) is 1.00. The third-order valence-corrected chi connectivity index (χ3v) is 7.12. The second kappa shape index (κ2) is 9.25. The molecule has 0 saturated heterocycles. The van der Waals surface area contributed by atoms with E-state index in [1.54, 1.807) is 0 Å². The van der Waals surface area contributed by atoms with Gasteiger partial charge in [-0.05, 0) is 13.3 Å². The van der Waals surface area contributed by atoms with Crippen molar-refractivity contribution in [3.63, 3.8) is 0 Å². The molecule has 0 heterocycles. The smallest absolute Gasteiger partial charge is 0.178 e. The molecule has 0 spiro atoms. The first-order valence-corrected chi connectivity index (χ1v) is 8.96. The normalized spacial score (nSPS) is 14.7. The molecule has 5 heteroatoms. The molecule has 0 rings (SSSR count). The molecule has 0 aliphatic rings. The molecule has 0 radical (unpaired) electrons. The lowest BCUT2D eigenvalue weighted by molar-refractivity contribution is 0.163. The lowest BCUT2D eigenvalue weighted by Gasteiger charge is -2.38. The van der Waals surface area contributed by atoms with Gasteiger partial charge in [0.15, 0.2) is 0 Å². The summed E-state index contributed by atoms with van der Waals surface area (Å²) < 4.78 is 13.2. The maximum atomic E-state index is 6.49. The second-order valence-corrected chi connectivity index (χ2v) is 9.46. The Morgan fingerprint density at radius 3 is 1.68 bits per heavy atom. The van der Waals surface area contributed by atoms with Crippen LogP contribution in [-0.2, 0) is 4.52 Å². The molecular weight excluding hydrogens is 257 g/mol. The van der Waals surface area contributed by atoms with E-state index < -0.39 is 7.94 Å². The molecule has 0 aliphatic heterocycles. The summed E-state index contributed by atoms with van der Waals surface area (Å²) in [5.41, 5.74) is 0. The van der Waals surface area contributed by atoms with Crippen molar-refractivity contribution in [1.82, 2.24) is 14.0 Å². The van der Waals surface area contributed by atoms with Gasteiger partial charge in [0.1, 0.15) is 6.10 Å². The van der Waals surface area contributed by atoms with Crippen molar-refractivity contribution in [1.29, 1.82) is 0 Å². The van der Waals surface area contributed by atoms with Crippen LogP contribution in [0.3, 0.4) is 0 Å². The number of hydrogen-bond donors (Lipinski definition) is 0. The first-order chi connectivity index (χ1) is 8.78. The Balaban J connectivity index is 4.56. The molecule has 19 heavy (non-hydrogen) atoms. The van der Waals surface area contributed by atoms with Gasteiger partial charge in [-0.1, -0.05) is 32.6 Å². The van der Waals surface area contributed by atoms with Crippen LogP contribution in [0, 0.1) is 0 Å². The van der Waals surface area contributed by atoms with E-state index >= 15 is 0 Å². The Hall–Kier alpha value is 0.270. The molecule has 116 valence electrons. The van der Waals surface area contributed by atoms with E-state index in [4.69, 9.17) is 4.52 Å². The third kappa shape index (κ3) is 5.65. The monoisotopic (exact) mass is 292 g/mol. The Bertz CT molecular complexity index is 213.